The van der Waals surface area contributed by atoms with Crippen molar-refractivity contribution in [1.82, 2.24) is 14.4 Å². The molecule has 0 radical (unpaired) electrons. The van der Waals surface area contributed by atoms with E-state index in [1.165, 1.54) is 4.57 Å². The van der Waals surface area contributed by atoms with Crippen molar-refractivity contribution in [2.45, 2.75) is 70.7 Å². The van der Waals surface area contributed by atoms with E-state index in [0.29, 0.717) is 24.2 Å². The smallest absolute Gasteiger partial charge is 0.419 e. The maximum atomic E-state index is 12.8. The maximum absolute atomic E-state index is 12.8. The number of methoxy groups -OCH3 is 1. The minimum atomic E-state index is -0.579. The van der Waals surface area contributed by atoms with E-state index in [2.05, 4.69) is 9.80 Å². The zero-order valence-corrected chi connectivity index (χ0v) is 19.8. The van der Waals surface area contributed by atoms with E-state index in [-0.39, 0.29) is 5.75 Å². The topological polar surface area (TPSA) is 67.2 Å². The standard InChI is InChI=1S/C25H37N3O4/c1-25(2,3)32-24(30)28-17-18(23-21(28)6-5-7-22(23)29)16-26-12-8-19(9-13-26)27-14-10-20(31-4)11-15-27/h5-7,17,19-20,29H,8-16H2,1-4H3. The summed E-state index contributed by atoms with van der Waals surface area (Å²) in [4.78, 5) is 17.8. The largest absolute Gasteiger partial charge is 0.507 e. The van der Waals surface area contributed by atoms with Gasteiger partial charge in [0.2, 0.25) is 0 Å². The van der Waals surface area contributed by atoms with Crippen molar-refractivity contribution in [1.29, 1.82) is 0 Å². The summed E-state index contributed by atoms with van der Waals surface area (Å²) in [6, 6.07) is 5.95. The van der Waals surface area contributed by atoms with Gasteiger partial charge in [0.05, 0.1) is 11.6 Å². The molecular weight excluding hydrogens is 406 g/mol. The molecule has 0 atom stereocenters. The average Bonchev–Trinajstić information content (AvgIpc) is 3.13. The second-order valence-electron chi connectivity index (χ2n) is 10.2. The number of piperidine rings is 2. The molecule has 7 heteroatoms. The van der Waals surface area contributed by atoms with Gasteiger partial charge in [-0.05, 0) is 77.2 Å². The molecule has 2 aromatic rings. The Morgan fingerprint density at radius 3 is 2.41 bits per heavy atom. The van der Waals surface area contributed by atoms with E-state index in [0.717, 1.165) is 62.8 Å². The van der Waals surface area contributed by atoms with Crippen molar-refractivity contribution in [3.05, 3.63) is 30.0 Å². The lowest BCUT2D eigenvalue weighted by molar-refractivity contribution is 0.0138. The molecule has 1 aromatic heterocycles. The summed E-state index contributed by atoms with van der Waals surface area (Å²) in [6.07, 6.45) is 6.38. The first-order valence-electron chi connectivity index (χ1n) is 11.8. The summed E-state index contributed by atoms with van der Waals surface area (Å²) in [7, 11) is 1.82. The number of aromatic hydroxyl groups is 1. The second-order valence-corrected chi connectivity index (χ2v) is 10.2. The summed E-state index contributed by atoms with van der Waals surface area (Å²) < 4.78 is 12.6. The van der Waals surface area contributed by atoms with E-state index < -0.39 is 11.7 Å². The van der Waals surface area contributed by atoms with Crippen LogP contribution in [0.4, 0.5) is 4.79 Å². The van der Waals surface area contributed by atoms with Crippen LogP contribution in [0, 0.1) is 0 Å². The van der Waals surface area contributed by atoms with Crippen molar-refractivity contribution in [2.75, 3.05) is 33.3 Å². The molecule has 0 aliphatic carbocycles. The van der Waals surface area contributed by atoms with Crippen LogP contribution < -0.4 is 0 Å². The lowest BCUT2D eigenvalue weighted by Crippen LogP contribution is -2.48. The van der Waals surface area contributed by atoms with Gasteiger partial charge in [-0.15, -0.1) is 0 Å². The van der Waals surface area contributed by atoms with E-state index in [1.807, 2.05) is 40.1 Å². The van der Waals surface area contributed by atoms with Crippen molar-refractivity contribution < 1.29 is 19.4 Å². The molecule has 0 bridgehead atoms. The number of phenolic OH excluding ortho intramolecular Hbond substituents is 1. The van der Waals surface area contributed by atoms with E-state index in [9.17, 15) is 9.90 Å². The lowest BCUT2D eigenvalue weighted by atomic mass is 9.98. The molecule has 2 fully saturated rings. The SMILES string of the molecule is COC1CCN(C2CCN(Cc3cn(C(=O)OC(C)(C)C)c4cccc(O)c34)CC2)CC1. The quantitative estimate of drug-likeness (QED) is 0.764. The predicted octanol–water partition coefficient (Wildman–Crippen LogP) is 4.21. The fourth-order valence-corrected chi connectivity index (χ4v) is 5.09. The number of aromatic nitrogens is 1. The Morgan fingerprint density at radius 1 is 1.09 bits per heavy atom. The van der Waals surface area contributed by atoms with Gasteiger partial charge in [-0.2, -0.15) is 0 Å². The van der Waals surface area contributed by atoms with Gasteiger partial charge in [-0.25, -0.2) is 4.79 Å². The van der Waals surface area contributed by atoms with Crippen LogP contribution in [-0.4, -0.2) is 76.6 Å². The lowest BCUT2D eigenvalue weighted by Gasteiger charge is -2.41. The van der Waals surface area contributed by atoms with Crippen molar-refractivity contribution in [2.24, 2.45) is 0 Å². The first-order chi connectivity index (χ1) is 15.2. The number of hydrogen-bond donors (Lipinski definition) is 1. The highest BCUT2D eigenvalue weighted by molar-refractivity contribution is 5.95. The van der Waals surface area contributed by atoms with Gasteiger partial charge >= 0.3 is 6.09 Å². The summed E-state index contributed by atoms with van der Waals surface area (Å²) >= 11 is 0. The van der Waals surface area contributed by atoms with Gasteiger partial charge in [-0.1, -0.05) is 6.07 Å². The Labute approximate surface area is 190 Å². The molecule has 4 rings (SSSR count). The molecule has 3 heterocycles. The van der Waals surface area contributed by atoms with Crippen LogP contribution in [-0.2, 0) is 16.0 Å². The molecular formula is C25H37N3O4. The molecule has 0 spiro atoms. The number of hydrogen-bond acceptors (Lipinski definition) is 6. The molecule has 2 aliphatic heterocycles. The molecule has 2 aliphatic rings. The van der Waals surface area contributed by atoms with E-state index in [4.69, 9.17) is 9.47 Å². The third-order valence-corrected chi connectivity index (χ3v) is 6.75. The molecule has 0 amide bonds. The van der Waals surface area contributed by atoms with Crippen molar-refractivity contribution in [3.8, 4) is 5.75 Å². The Hall–Kier alpha value is -2.09. The van der Waals surface area contributed by atoms with Crippen LogP contribution in [0.1, 0.15) is 52.0 Å². The highest BCUT2D eigenvalue weighted by atomic mass is 16.6. The van der Waals surface area contributed by atoms with Gasteiger partial charge in [0.15, 0.2) is 0 Å². The highest BCUT2D eigenvalue weighted by Crippen LogP contribution is 2.32. The first-order valence-corrected chi connectivity index (χ1v) is 11.8. The van der Waals surface area contributed by atoms with Crippen LogP contribution in [0.15, 0.2) is 24.4 Å². The van der Waals surface area contributed by atoms with Crippen LogP contribution in [0.3, 0.4) is 0 Å². The van der Waals surface area contributed by atoms with Crippen molar-refractivity contribution in [3.63, 3.8) is 0 Å². The molecule has 1 aromatic carbocycles. The number of ether oxygens (including phenoxy) is 2. The van der Waals surface area contributed by atoms with Gasteiger partial charge in [-0.3, -0.25) is 9.47 Å². The molecule has 32 heavy (non-hydrogen) atoms. The first kappa shape index (κ1) is 23.1. The van der Waals surface area contributed by atoms with Gasteiger partial charge in [0, 0.05) is 44.4 Å². The Morgan fingerprint density at radius 2 is 1.78 bits per heavy atom. The van der Waals surface area contributed by atoms with Crippen LogP contribution in [0.25, 0.3) is 10.9 Å². The molecule has 1 N–H and O–H groups in total. The monoisotopic (exact) mass is 443 g/mol. The fourth-order valence-electron chi connectivity index (χ4n) is 5.09. The number of likely N-dealkylation sites (tertiary alicyclic amines) is 2. The van der Waals surface area contributed by atoms with Crippen LogP contribution >= 0.6 is 0 Å². The minimum Gasteiger partial charge on any atom is -0.507 e. The fraction of sp³-hybridized carbons (Fsp3) is 0.640. The Kier molecular flexibility index (Phi) is 6.79. The van der Waals surface area contributed by atoms with Crippen molar-refractivity contribution >= 4 is 17.0 Å². The number of benzene rings is 1. The predicted molar refractivity (Wildman–Crippen MR) is 125 cm³/mol. The molecule has 0 unspecified atom stereocenters. The Bertz CT molecular complexity index is 933. The number of rotatable bonds is 4. The highest BCUT2D eigenvalue weighted by Gasteiger charge is 2.29. The molecule has 0 saturated carbocycles. The Balaban J connectivity index is 1.44. The summed E-state index contributed by atoms with van der Waals surface area (Å²) in [5, 5.41) is 11.3. The summed E-state index contributed by atoms with van der Waals surface area (Å²) in [5.41, 5.74) is 1.07. The van der Waals surface area contributed by atoms with Gasteiger partial charge in [0.1, 0.15) is 11.4 Å². The van der Waals surface area contributed by atoms with E-state index in [1.54, 1.807) is 12.1 Å². The number of carbonyl (C=O) groups excluding carboxylic acids is 1. The van der Waals surface area contributed by atoms with Gasteiger partial charge < -0.3 is 19.5 Å². The normalized spacial score (nSPS) is 20.1. The molecule has 2 saturated heterocycles. The van der Waals surface area contributed by atoms with E-state index >= 15 is 0 Å². The molecule has 176 valence electrons. The maximum Gasteiger partial charge on any atom is 0.419 e. The average molecular weight is 444 g/mol. The minimum absolute atomic E-state index is 0.204. The third kappa shape index (κ3) is 5.11. The zero-order chi connectivity index (χ0) is 22.9. The number of fused-ring (bicyclic) bond motifs is 1. The number of carbonyl (C=O) groups is 1. The zero-order valence-electron chi connectivity index (χ0n) is 19.8. The summed E-state index contributed by atoms with van der Waals surface area (Å²) in [6.45, 7) is 10.6. The van der Waals surface area contributed by atoms with Gasteiger partial charge in [0.25, 0.3) is 0 Å². The van der Waals surface area contributed by atoms with Crippen LogP contribution in [0.2, 0.25) is 0 Å². The van der Waals surface area contributed by atoms with Crippen LogP contribution in [0.5, 0.6) is 5.75 Å². The molecule has 7 nitrogen and oxygen atoms in total. The number of nitrogens with zero attached hydrogens (tertiary/aromatic N) is 3. The summed E-state index contributed by atoms with van der Waals surface area (Å²) in [5.74, 6) is 0.204. The number of phenols is 1. The second kappa shape index (κ2) is 9.41. The third-order valence-electron chi connectivity index (χ3n) is 6.75.